The van der Waals surface area contributed by atoms with Crippen LogP contribution in [0.25, 0.3) is 0 Å². The molecule has 0 aliphatic rings. The van der Waals surface area contributed by atoms with Crippen molar-refractivity contribution in [3.63, 3.8) is 0 Å². The van der Waals surface area contributed by atoms with Crippen molar-refractivity contribution in [2.24, 2.45) is 0 Å². The van der Waals surface area contributed by atoms with E-state index in [0.29, 0.717) is 11.5 Å². The lowest BCUT2D eigenvalue weighted by atomic mass is 10.3. The number of hydrogen-bond acceptors (Lipinski definition) is 6. The lowest BCUT2D eigenvalue weighted by molar-refractivity contribution is 1.04. The summed E-state index contributed by atoms with van der Waals surface area (Å²) in [4.78, 5) is 13.7. The Morgan fingerprint density at radius 3 is 2.76 bits per heavy atom. The van der Waals surface area contributed by atoms with Gasteiger partial charge in [-0.3, -0.25) is 0 Å². The second-order valence-electron chi connectivity index (χ2n) is 3.40. The Kier molecular flexibility index (Phi) is 3.30. The van der Waals surface area contributed by atoms with Gasteiger partial charge in [0.25, 0.3) is 0 Å². The molecule has 0 aliphatic carbocycles. The fourth-order valence-corrected chi connectivity index (χ4v) is 2.28. The lowest BCUT2D eigenvalue weighted by Crippen LogP contribution is -1.95. The molecule has 0 unspecified atom stereocenters. The monoisotopic (exact) mass is 245 g/mol. The van der Waals surface area contributed by atoms with E-state index in [1.165, 1.54) is 17.3 Å². The Morgan fingerprint density at radius 1 is 1.41 bits per heavy atom. The van der Waals surface area contributed by atoms with Crippen LogP contribution in [0, 0.1) is 18.3 Å². The van der Waals surface area contributed by atoms with Crippen LogP contribution in [0.2, 0.25) is 0 Å². The summed E-state index contributed by atoms with van der Waals surface area (Å²) in [6.45, 7) is 4.12. The third-order valence-electron chi connectivity index (χ3n) is 2.23. The first kappa shape index (κ1) is 11.5. The first-order chi connectivity index (χ1) is 8.22. The Labute approximate surface area is 103 Å². The molecular weight excluding hydrogens is 234 g/mol. The lowest BCUT2D eigenvalue weighted by Gasteiger charge is -1.99. The first-order valence-corrected chi connectivity index (χ1v) is 6.00. The highest BCUT2D eigenvalue weighted by Gasteiger charge is 2.06. The number of nitrogens with zero attached hydrogens (tertiary/aromatic N) is 4. The predicted octanol–water partition coefficient (Wildman–Crippen LogP) is 2.42. The minimum absolute atomic E-state index is 0.306. The maximum absolute atomic E-state index is 8.61. The van der Waals surface area contributed by atoms with Crippen molar-refractivity contribution in [1.82, 2.24) is 15.0 Å². The second kappa shape index (κ2) is 4.89. The average molecular weight is 245 g/mol. The fourth-order valence-electron chi connectivity index (χ4n) is 1.37. The van der Waals surface area contributed by atoms with Crippen LogP contribution in [0.4, 0.5) is 10.9 Å². The molecule has 0 aromatic carbocycles. The van der Waals surface area contributed by atoms with Gasteiger partial charge in [-0.1, -0.05) is 6.92 Å². The smallest absolute Gasteiger partial charge is 0.188 e. The van der Waals surface area contributed by atoms with Crippen molar-refractivity contribution < 1.29 is 0 Å². The third-order valence-corrected chi connectivity index (χ3v) is 3.16. The zero-order chi connectivity index (χ0) is 12.3. The van der Waals surface area contributed by atoms with Crippen LogP contribution < -0.4 is 5.32 Å². The van der Waals surface area contributed by atoms with Crippen molar-refractivity contribution in [1.29, 1.82) is 5.26 Å². The number of rotatable bonds is 3. The number of anilines is 2. The van der Waals surface area contributed by atoms with Crippen LogP contribution in [0.5, 0.6) is 0 Å². The SMILES string of the molecule is CCc1nc(Nc2cnc(C#N)cn2)sc1C. The van der Waals surface area contributed by atoms with Crippen LogP contribution in [0.1, 0.15) is 23.2 Å². The summed E-state index contributed by atoms with van der Waals surface area (Å²) in [5.74, 6) is 0.598. The summed E-state index contributed by atoms with van der Waals surface area (Å²) in [6, 6.07) is 1.93. The molecule has 0 saturated heterocycles. The summed E-state index contributed by atoms with van der Waals surface area (Å²) in [7, 11) is 0. The maximum Gasteiger partial charge on any atom is 0.188 e. The largest absolute Gasteiger partial charge is 0.315 e. The van der Waals surface area contributed by atoms with Crippen LogP contribution in [-0.2, 0) is 6.42 Å². The highest BCUT2D eigenvalue weighted by atomic mass is 32.1. The van der Waals surface area contributed by atoms with Gasteiger partial charge in [-0.05, 0) is 13.3 Å². The molecule has 17 heavy (non-hydrogen) atoms. The highest BCUT2D eigenvalue weighted by molar-refractivity contribution is 7.15. The number of nitriles is 1. The van der Waals surface area contributed by atoms with E-state index in [9.17, 15) is 0 Å². The molecule has 2 rings (SSSR count). The highest BCUT2D eigenvalue weighted by Crippen LogP contribution is 2.24. The van der Waals surface area contributed by atoms with Gasteiger partial charge in [0.15, 0.2) is 16.6 Å². The van der Waals surface area contributed by atoms with Gasteiger partial charge in [-0.15, -0.1) is 11.3 Å². The molecule has 0 bridgehead atoms. The average Bonchev–Trinajstić information content (AvgIpc) is 2.70. The summed E-state index contributed by atoms with van der Waals surface area (Å²) in [6.07, 6.45) is 3.88. The fraction of sp³-hybridized carbons (Fsp3) is 0.273. The molecule has 2 aromatic rings. The molecule has 0 fully saturated rings. The molecule has 6 heteroatoms. The van der Waals surface area contributed by atoms with Gasteiger partial charge >= 0.3 is 0 Å². The Morgan fingerprint density at radius 2 is 2.24 bits per heavy atom. The normalized spacial score (nSPS) is 9.94. The van der Waals surface area contributed by atoms with E-state index < -0.39 is 0 Å². The van der Waals surface area contributed by atoms with Gasteiger partial charge < -0.3 is 5.32 Å². The minimum atomic E-state index is 0.306. The molecule has 0 spiro atoms. The molecule has 0 amide bonds. The number of aryl methyl sites for hydroxylation is 2. The number of thiazole rings is 1. The van der Waals surface area contributed by atoms with E-state index in [2.05, 4.69) is 27.2 Å². The van der Waals surface area contributed by atoms with E-state index >= 15 is 0 Å². The van der Waals surface area contributed by atoms with Gasteiger partial charge in [0.05, 0.1) is 18.1 Å². The topological polar surface area (TPSA) is 74.5 Å². The van der Waals surface area contributed by atoms with Crippen LogP contribution in [0.3, 0.4) is 0 Å². The van der Waals surface area contributed by atoms with Crippen molar-refractivity contribution >= 4 is 22.3 Å². The van der Waals surface area contributed by atoms with Crippen LogP contribution >= 0.6 is 11.3 Å². The van der Waals surface area contributed by atoms with Gasteiger partial charge in [0.1, 0.15) is 6.07 Å². The van der Waals surface area contributed by atoms with Gasteiger partial charge in [0, 0.05) is 4.88 Å². The number of hydrogen-bond donors (Lipinski definition) is 1. The second-order valence-corrected chi connectivity index (χ2v) is 4.60. The number of aromatic nitrogens is 3. The van der Waals surface area contributed by atoms with Gasteiger partial charge in [-0.2, -0.15) is 5.26 Å². The van der Waals surface area contributed by atoms with Crippen molar-refractivity contribution in [2.45, 2.75) is 20.3 Å². The molecule has 86 valence electrons. The molecule has 0 saturated carbocycles. The van der Waals surface area contributed by atoms with Gasteiger partial charge in [-0.25, -0.2) is 15.0 Å². The van der Waals surface area contributed by atoms with Gasteiger partial charge in [0.2, 0.25) is 0 Å². The first-order valence-electron chi connectivity index (χ1n) is 5.18. The molecule has 0 radical (unpaired) electrons. The minimum Gasteiger partial charge on any atom is -0.315 e. The molecule has 2 aromatic heterocycles. The summed E-state index contributed by atoms with van der Waals surface area (Å²) in [5.41, 5.74) is 1.40. The Balaban J connectivity index is 2.17. The standard InChI is InChI=1S/C11H11N5S/c1-3-9-7(2)17-11(15-9)16-10-6-13-8(4-12)5-14-10/h5-6H,3H2,1-2H3,(H,14,15,16). The third kappa shape index (κ3) is 2.57. The van der Waals surface area contributed by atoms with E-state index in [1.807, 2.05) is 13.0 Å². The summed E-state index contributed by atoms with van der Waals surface area (Å²) < 4.78 is 0. The summed E-state index contributed by atoms with van der Waals surface area (Å²) >= 11 is 1.59. The predicted molar refractivity (Wildman–Crippen MR) is 66.3 cm³/mol. The quantitative estimate of drug-likeness (QED) is 0.898. The van der Waals surface area contributed by atoms with Crippen molar-refractivity contribution in [3.8, 4) is 6.07 Å². The Hall–Kier alpha value is -2.00. The molecular formula is C11H11N5S. The molecule has 1 N–H and O–H groups in total. The molecule has 5 nitrogen and oxygen atoms in total. The van der Waals surface area contributed by atoms with E-state index in [4.69, 9.17) is 5.26 Å². The zero-order valence-electron chi connectivity index (χ0n) is 9.56. The van der Waals surface area contributed by atoms with Crippen LogP contribution in [0.15, 0.2) is 12.4 Å². The number of nitrogens with one attached hydrogen (secondary N) is 1. The van der Waals surface area contributed by atoms with E-state index in [-0.39, 0.29) is 0 Å². The Bertz CT molecular complexity index is 552. The summed E-state index contributed by atoms with van der Waals surface area (Å²) in [5, 5.41) is 12.5. The van der Waals surface area contributed by atoms with Crippen molar-refractivity contribution in [3.05, 3.63) is 28.7 Å². The van der Waals surface area contributed by atoms with Crippen molar-refractivity contribution in [2.75, 3.05) is 5.32 Å². The molecule has 2 heterocycles. The molecule has 0 aliphatic heterocycles. The zero-order valence-corrected chi connectivity index (χ0v) is 10.4. The van der Waals surface area contributed by atoms with Crippen LogP contribution in [-0.4, -0.2) is 15.0 Å². The van der Waals surface area contributed by atoms with E-state index in [0.717, 1.165) is 17.2 Å². The maximum atomic E-state index is 8.61. The van der Waals surface area contributed by atoms with E-state index in [1.54, 1.807) is 11.3 Å². The molecule has 0 atom stereocenters.